The minimum absolute atomic E-state index is 0.248. The number of thiophene rings is 1. The molecular formula is C26H25FN4O3S. The summed E-state index contributed by atoms with van der Waals surface area (Å²) in [6, 6.07) is 10.0. The van der Waals surface area contributed by atoms with Crippen LogP contribution in [-0.4, -0.2) is 31.7 Å². The zero-order chi connectivity index (χ0) is 25.1. The minimum atomic E-state index is -1.10. The molecule has 0 spiro atoms. The highest BCUT2D eigenvalue weighted by Gasteiger charge is 2.26. The number of H-pyrrole nitrogens is 1. The van der Waals surface area contributed by atoms with Crippen molar-refractivity contribution in [3.8, 4) is 16.1 Å². The van der Waals surface area contributed by atoms with Crippen LogP contribution >= 0.6 is 11.3 Å². The van der Waals surface area contributed by atoms with Gasteiger partial charge in [0.15, 0.2) is 0 Å². The molecule has 5 aromatic rings. The molecule has 1 amide bonds. The minimum Gasteiger partial charge on any atom is -0.385 e. The molecule has 9 heteroatoms. The molecule has 0 saturated carbocycles. The average molecular weight is 493 g/mol. The summed E-state index contributed by atoms with van der Waals surface area (Å²) in [5.74, 6) is -0.610. The third-order valence-electron chi connectivity index (χ3n) is 6.02. The van der Waals surface area contributed by atoms with Crippen molar-refractivity contribution in [3.63, 3.8) is 0 Å². The van der Waals surface area contributed by atoms with Gasteiger partial charge in [0.05, 0.1) is 21.7 Å². The molecule has 0 bridgehead atoms. The van der Waals surface area contributed by atoms with Gasteiger partial charge in [-0.05, 0) is 57.2 Å². The monoisotopic (exact) mass is 492 g/mol. The molecule has 1 aromatic carbocycles. The van der Waals surface area contributed by atoms with Crippen molar-refractivity contribution >= 4 is 39.0 Å². The van der Waals surface area contributed by atoms with Crippen LogP contribution in [0.25, 0.3) is 37.9 Å². The summed E-state index contributed by atoms with van der Waals surface area (Å²) in [7, 11) is 1.66. The number of benzene rings is 1. The number of aromatic amines is 1. The maximum Gasteiger partial charge on any atom is 0.274 e. The summed E-state index contributed by atoms with van der Waals surface area (Å²) in [6.07, 6.45) is 3.61. The van der Waals surface area contributed by atoms with E-state index in [4.69, 9.17) is 0 Å². The summed E-state index contributed by atoms with van der Waals surface area (Å²) in [4.78, 5) is 29.9. The Hall–Kier alpha value is -3.69. The molecule has 4 aromatic heterocycles. The second kappa shape index (κ2) is 8.21. The summed E-state index contributed by atoms with van der Waals surface area (Å²) in [5, 5.41) is 14.9. The van der Waals surface area contributed by atoms with Crippen molar-refractivity contribution in [2.24, 2.45) is 7.05 Å². The molecule has 4 heterocycles. The molecule has 0 unspecified atom stereocenters. The number of hydrogen-bond acceptors (Lipinski definition) is 4. The number of hydrogen-bond donors (Lipinski definition) is 3. The zero-order valence-corrected chi connectivity index (χ0v) is 20.6. The van der Waals surface area contributed by atoms with Crippen LogP contribution in [0.3, 0.4) is 0 Å². The van der Waals surface area contributed by atoms with Crippen LogP contribution in [0.5, 0.6) is 0 Å². The Balaban J connectivity index is 1.82. The van der Waals surface area contributed by atoms with Crippen molar-refractivity contribution < 1.29 is 14.3 Å². The van der Waals surface area contributed by atoms with E-state index in [0.717, 1.165) is 31.9 Å². The molecule has 0 radical (unpaired) electrons. The predicted molar refractivity (Wildman–Crippen MR) is 137 cm³/mol. The Bertz CT molecular complexity index is 1670. The highest BCUT2D eigenvalue weighted by atomic mass is 32.1. The van der Waals surface area contributed by atoms with Crippen LogP contribution in [0.2, 0.25) is 0 Å². The number of rotatable bonds is 5. The molecule has 0 aliphatic rings. The highest BCUT2D eigenvalue weighted by molar-refractivity contribution is 7.16. The third kappa shape index (κ3) is 3.86. The maximum atomic E-state index is 13.8. The van der Waals surface area contributed by atoms with Gasteiger partial charge in [0.25, 0.3) is 11.5 Å². The molecule has 3 N–H and O–H groups in total. The largest absolute Gasteiger partial charge is 0.385 e. The first-order valence-electron chi connectivity index (χ1n) is 11.2. The van der Waals surface area contributed by atoms with Crippen LogP contribution < -0.4 is 10.9 Å². The van der Waals surface area contributed by atoms with Crippen molar-refractivity contribution in [3.05, 3.63) is 75.5 Å². The smallest absolute Gasteiger partial charge is 0.274 e. The average Bonchev–Trinajstić information content (AvgIpc) is 3.52. The lowest BCUT2D eigenvalue weighted by molar-refractivity contribution is 0.0825. The Morgan fingerprint density at radius 2 is 2.00 bits per heavy atom. The standard InChI is InChI=1S/C26H25FN4O3S/c1-5-28-24(32)18-11-16-17(13-30(4)25(33)22(16)29-18)23-20(12-21(35-23)26(2,3)34)31-9-8-14-10-15(27)6-7-19(14)31/h6-13,29,34H,5H2,1-4H3,(H,28,32). The fourth-order valence-corrected chi connectivity index (χ4v) is 5.45. The molecule has 180 valence electrons. The molecule has 5 rings (SSSR count). The van der Waals surface area contributed by atoms with E-state index in [0.29, 0.717) is 23.1 Å². The zero-order valence-electron chi connectivity index (χ0n) is 19.8. The van der Waals surface area contributed by atoms with Crippen molar-refractivity contribution in [2.75, 3.05) is 6.54 Å². The van der Waals surface area contributed by atoms with Gasteiger partial charge >= 0.3 is 0 Å². The Morgan fingerprint density at radius 1 is 1.23 bits per heavy atom. The van der Waals surface area contributed by atoms with E-state index >= 15 is 0 Å². The lowest BCUT2D eigenvalue weighted by atomic mass is 10.1. The highest BCUT2D eigenvalue weighted by Crippen LogP contribution is 2.43. The molecule has 0 atom stereocenters. The van der Waals surface area contributed by atoms with E-state index in [1.807, 2.05) is 29.8 Å². The maximum absolute atomic E-state index is 13.8. The molecule has 0 fully saturated rings. The fourth-order valence-electron chi connectivity index (χ4n) is 4.27. The number of nitrogens with one attached hydrogen (secondary N) is 2. The number of fused-ring (bicyclic) bond motifs is 2. The third-order valence-corrected chi connectivity index (χ3v) is 7.49. The van der Waals surface area contributed by atoms with E-state index in [1.54, 1.807) is 39.2 Å². The first kappa shape index (κ1) is 23.1. The van der Waals surface area contributed by atoms with E-state index in [1.165, 1.54) is 28.0 Å². The van der Waals surface area contributed by atoms with Gasteiger partial charge in [0, 0.05) is 47.2 Å². The van der Waals surface area contributed by atoms with Gasteiger partial charge in [0.1, 0.15) is 17.0 Å². The topological polar surface area (TPSA) is 92.0 Å². The SMILES string of the molecule is CCNC(=O)c1cc2c(-c3sc(C(C)(C)O)cc3-n3ccc4cc(F)ccc43)cn(C)c(=O)c2[nH]1. The summed E-state index contributed by atoms with van der Waals surface area (Å²) in [6.45, 7) is 5.73. The Kier molecular flexibility index (Phi) is 5.41. The number of amides is 1. The van der Waals surface area contributed by atoms with E-state index in [9.17, 15) is 19.1 Å². The number of pyridine rings is 1. The Morgan fingerprint density at radius 3 is 2.71 bits per heavy atom. The number of carbonyl (C=O) groups excluding carboxylic acids is 1. The van der Waals surface area contributed by atoms with Crippen LogP contribution in [0.15, 0.2) is 53.6 Å². The van der Waals surface area contributed by atoms with Gasteiger partial charge in [-0.25, -0.2) is 4.39 Å². The molecule has 35 heavy (non-hydrogen) atoms. The predicted octanol–water partition coefficient (Wildman–Crippen LogP) is 4.66. The summed E-state index contributed by atoms with van der Waals surface area (Å²) >= 11 is 1.41. The number of halogens is 1. The van der Waals surface area contributed by atoms with Gasteiger partial charge in [-0.1, -0.05) is 0 Å². The number of carbonyl (C=O) groups is 1. The lowest BCUT2D eigenvalue weighted by Gasteiger charge is -2.14. The van der Waals surface area contributed by atoms with E-state index < -0.39 is 5.60 Å². The summed E-state index contributed by atoms with van der Waals surface area (Å²) < 4.78 is 17.3. The van der Waals surface area contributed by atoms with Gasteiger partial charge in [-0.3, -0.25) is 9.59 Å². The van der Waals surface area contributed by atoms with Gasteiger partial charge in [-0.2, -0.15) is 0 Å². The summed E-state index contributed by atoms with van der Waals surface area (Å²) in [5.41, 5.74) is 1.62. The number of aryl methyl sites for hydroxylation is 1. The Labute approximate surface area is 204 Å². The number of aliphatic hydroxyl groups is 1. The molecule has 0 saturated heterocycles. The van der Waals surface area contributed by atoms with E-state index in [-0.39, 0.29) is 17.3 Å². The lowest BCUT2D eigenvalue weighted by Crippen LogP contribution is -2.23. The van der Waals surface area contributed by atoms with Crippen LogP contribution in [-0.2, 0) is 12.6 Å². The fraction of sp³-hybridized carbons (Fsp3) is 0.231. The number of aromatic nitrogens is 3. The molecular weight excluding hydrogens is 467 g/mol. The second-order valence-corrected chi connectivity index (χ2v) is 10.1. The van der Waals surface area contributed by atoms with Crippen molar-refractivity contribution in [1.29, 1.82) is 0 Å². The van der Waals surface area contributed by atoms with E-state index in [2.05, 4.69) is 10.3 Å². The van der Waals surface area contributed by atoms with Crippen molar-refractivity contribution in [1.82, 2.24) is 19.4 Å². The van der Waals surface area contributed by atoms with Crippen LogP contribution in [0, 0.1) is 5.82 Å². The van der Waals surface area contributed by atoms with Crippen LogP contribution in [0.1, 0.15) is 36.1 Å². The normalized spacial score (nSPS) is 12.1. The number of nitrogens with zero attached hydrogens (tertiary/aromatic N) is 2. The first-order chi connectivity index (χ1) is 16.6. The van der Waals surface area contributed by atoms with Gasteiger partial charge < -0.3 is 24.5 Å². The van der Waals surface area contributed by atoms with Gasteiger partial charge in [0.2, 0.25) is 0 Å². The van der Waals surface area contributed by atoms with Gasteiger partial charge in [-0.15, -0.1) is 11.3 Å². The van der Waals surface area contributed by atoms with Crippen molar-refractivity contribution in [2.45, 2.75) is 26.4 Å². The quantitative estimate of drug-likeness (QED) is 0.333. The first-order valence-corrected chi connectivity index (χ1v) is 12.0. The molecule has 0 aliphatic heterocycles. The molecule has 7 nitrogen and oxygen atoms in total. The second-order valence-electron chi connectivity index (χ2n) is 9.06. The molecule has 0 aliphatic carbocycles. The van der Waals surface area contributed by atoms with Crippen LogP contribution in [0.4, 0.5) is 4.39 Å².